The summed E-state index contributed by atoms with van der Waals surface area (Å²) in [6.07, 6.45) is 11.5. The van der Waals surface area contributed by atoms with Gasteiger partial charge in [-0.2, -0.15) is 0 Å². The first kappa shape index (κ1) is 17.9. The van der Waals surface area contributed by atoms with Gasteiger partial charge in [-0.05, 0) is 36.4 Å². The Hall–Kier alpha value is -2.87. The van der Waals surface area contributed by atoms with Crippen molar-refractivity contribution in [1.82, 2.24) is 4.90 Å². The van der Waals surface area contributed by atoms with E-state index in [-0.39, 0.29) is 16.1 Å². The average molecular weight is 372 g/mol. The van der Waals surface area contributed by atoms with E-state index in [2.05, 4.69) is 13.8 Å². The predicted molar refractivity (Wildman–Crippen MR) is 97.9 cm³/mol. The van der Waals surface area contributed by atoms with Gasteiger partial charge in [0.1, 0.15) is 10.7 Å². The number of carbonyl (C=O) groups excluding carboxylic acids is 2. The molecule has 2 amide bonds. The number of hydrogen-bond acceptors (Lipinski definition) is 6. The van der Waals surface area contributed by atoms with E-state index in [0.29, 0.717) is 5.70 Å². The molecule has 1 aliphatic carbocycles. The third kappa shape index (κ3) is 3.41. The molecule has 26 heavy (non-hydrogen) atoms. The highest BCUT2D eigenvalue weighted by Gasteiger charge is 2.37. The van der Waals surface area contributed by atoms with Gasteiger partial charge in [0, 0.05) is 11.5 Å². The van der Waals surface area contributed by atoms with Crippen LogP contribution in [0.5, 0.6) is 0 Å². The standard InChI is InChI=1S/C18H16N2O5S/c1-3-18(2)9-4-5-12(8-10-18)19-16(21)14(26-17(19)22)11-13-6-7-15(25-13)20(23)24/h4-11H,3H2,1-2H3/b14-11-. The molecular weight excluding hydrogens is 356 g/mol. The fourth-order valence-electron chi connectivity index (χ4n) is 2.48. The number of hydrogen-bond donors (Lipinski definition) is 0. The molecule has 134 valence electrons. The summed E-state index contributed by atoms with van der Waals surface area (Å²) in [6, 6.07) is 2.58. The molecule has 1 aromatic heterocycles. The summed E-state index contributed by atoms with van der Waals surface area (Å²) in [4.78, 5) is 36.2. The van der Waals surface area contributed by atoms with Crippen LogP contribution in [-0.2, 0) is 4.79 Å². The molecule has 0 bridgehead atoms. The number of imide groups is 1. The Kier molecular flexibility index (Phi) is 4.69. The van der Waals surface area contributed by atoms with Crippen molar-refractivity contribution in [2.75, 3.05) is 0 Å². The molecule has 1 unspecified atom stereocenters. The summed E-state index contributed by atoms with van der Waals surface area (Å²) in [5, 5.41) is 10.2. The third-order valence-electron chi connectivity index (χ3n) is 4.26. The van der Waals surface area contributed by atoms with Gasteiger partial charge in [0.25, 0.3) is 11.1 Å². The van der Waals surface area contributed by atoms with Crippen molar-refractivity contribution in [1.29, 1.82) is 0 Å². The van der Waals surface area contributed by atoms with E-state index >= 15 is 0 Å². The van der Waals surface area contributed by atoms with Crippen molar-refractivity contribution < 1.29 is 18.9 Å². The molecule has 0 radical (unpaired) electrons. The molecule has 2 aliphatic rings. The number of thioether (sulfide) groups is 1. The van der Waals surface area contributed by atoms with Crippen LogP contribution in [0.1, 0.15) is 26.0 Å². The Morgan fingerprint density at radius 3 is 2.77 bits per heavy atom. The molecule has 0 spiro atoms. The molecule has 1 atom stereocenters. The lowest BCUT2D eigenvalue weighted by molar-refractivity contribution is -0.402. The first-order valence-electron chi connectivity index (χ1n) is 7.94. The Labute approximate surface area is 153 Å². The molecule has 2 heterocycles. The summed E-state index contributed by atoms with van der Waals surface area (Å²) in [5.41, 5.74) is 0.345. The van der Waals surface area contributed by atoms with Crippen LogP contribution in [0.4, 0.5) is 10.7 Å². The molecular formula is C18H16N2O5S. The van der Waals surface area contributed by atoms with E-state index in [9.17, 15) is 19.7 Å². The second-order valence-electron chi connectivity index (χ2n) is 6.09. The second-order valence-corrected chi connectivity index (χ2v) is 7.09. The van der Waals surface area contributed by atoms with Crippen LogP contribution in [0, 0.1) is 15.5 Å². The van der Waals surface area contributed by atoms with Gasteiger partial charge in [0.05, 0.1) is 16.7 Å². The van der Waals surface area contributed by atoms with Gasteiger partial charge in [-0.25, -0.2) is 4.90 Å². The lowest BCUT2D eigenvalue weighted by atomic mass is 9.87. The van der Waals surface area contributed by atoms with Gasteiger partial charge in [-0.15, -0.1) is 0 Å². The molecule has 1 saturated heterocycles. The topological polar surface area (TPSA) is 93.7 Å². The SMILES string of the molecule is CCC1(C)C=CC=C(N2C(=O)S/C(=C\c3ccc([N+](=O)[O-])o3)C2=O)C=C1. The highest BCUT2D eigenvalue weighted by molar-refractivity contribution is 8.18. The van der Waals surface area contributed by atoms with Crippen molar-refractivity contribution in [3.05, 3.63) is 69.0 Å². The predicted octanol–water partition coefficient (Wildman–Crippen LogP) is 4.65. The molecule has 0 N–H and O–H groups in total. The van der Waals surface area contributed by atoms with Crippen molar-refractivity contribution in [3.63, 3.8) is 0 Å². The highest BCUT2D eigenvalue weighted by Crippen LogP contribution is 2.37. The summed E-state index contributed by atoms with van der Waals surface area (Å²) < 4.78 is 5.02. The normalized spacial score (nSPS) is 24.3. The van der Waals surface area contributed by atoms with Crippen molar-refractivity contribution in [3.8, 4) is 0 Å². The molecule has 1 fully saturated rings. The number of allylic oxidation sites excluding steroid dienone is 5. The van der Waals surface area contributed by atoms with Crippen LogP contribution in [0.15, 0.2) is 57.5 Å². The minimum Gasteiger partial charge on any atom is -0.401 e. The second kappa shape index (κ2) is 6.80. The number of furan rings is 1. The number of carbonyl (C=O) groups is 2. The van der Waals surface area contributed by atoms with Crippen LogP contribution in [0.25, 0.3) is 6.08 Å². The van der Waals surface area contributed by atoms with Gasteiger partial charge >= 0.3 is 5.88 Å². The van der Waals surface area contributed by atoms with Gasteiger partial charge in [-0.3, -0.25) is 19.7 Å². The van der Waals surface area contributed by atoms with Gasteiger partial charge in [0.15, 0.2) is 0 Å². The molecule has 1 aliphatic heterocycles. The quantitative estimate of drug-likeness (QED) is 0.434. The average Bonchev–Trinajstić information content (AvgIpc) is 3.11. The fourth-order valence-corrected chi connectivity index (χ4v) is 3.30. The lowest BCUT2D eigenvalue weighted by Gasteiger charge is -2.18. The van der Waals surface area contributed by atoms with E-state index < -0.39 is 22.0 Å². The number of amides is 2. The largest absolute Gasteiger partial charge is 0.433 e. The maximum atomic E-state index is 12.6. The molecule has 0 aromatic carbocycles. The minimum absolute atomic E-state index is 0.136. The number of nitro groups is 1. The van der Waals surface area contributed by atoms with Crippen LogP contribution in [0.2, 0.25) is 0 Å². The maximum absolute atomic E-state index is 12.6. The molecule has 1 aromatic rings. The van der Waals surface area contributed by atoms with Crippen LogP contribution in [0.3, 0.4) is 0 Å². The first-order chi connectivity index (χ1) is 12.3. The van der Waals surface area contributed by atoms with Crippen molar-refractivity contribution >= 4 is 34.9 Å². The maximum Gasteiger partial charge on any atom is 0.433 e. The summed E-state index contributed by atoms with van der Waals surface area (Å²) in [5.74, 6) is -0.761. The molecule has 3 rings (SSSR count). The van der Waals surface area contributed by atoms with E-state index in [1.54, 1.807) is 12.2 Å². The first-order valence-corrected chi connectivity index (χ1v) is 8.75. The highest BCUT2D eigenvalue weighted by atomic mass is 32.2. The fraction of sp³-hybridized carbons (Fsp3) is 0.222. The van der Waals surface area contributed by atoms with Crippen molar-refractivity contribution in [2.24, 2.45) is 5.41 Å². The number of rotatable bonds is 4. The van der Waals surface area contributed by atoms with Gasteiger partial charge < -0.3 is 4.42 Å². The van der Waals surface area contributed by atoms with Gasteiger partial charge in [-0.1, -0.05) is 32.1 Å². The van der Waals surface area contributed by atoms with Crippen LogP contribution in [-0.4, -0.2) is 21.0 Å². The zero-order chi connectivity index (χ0) is 18.9. The van der Waals surface area contributed by atoms with E-state index in [4.69, 9.17) is 4.42 Å². The van der Waals surface area contributed by atoms with Gasteiger partial charge in [0.2, 0.25) is 0 Å². The zero-order valence-corrected chi connectivity index (χ0v) is 15.0. The summed E-state index contributed by atoms with van der Waals surface area (Å²) in [7, 11) is 0. The molecule has 0 saturated carbocycles. The van der Waals surface area contributed by atoms with E-state index in [1.807, 2.05) is 18.2 Å². The molecule has 7 nitrogen and oxygen atoms in total. The van der Waals surface area contributed by atoms with Crippen molar-refractivity contribution in [2.45, 2.75) is 20.3 Å². The Morgan fingerprint density at radius 1 is 1.35 bits per heavy atom. The van der Waals surface area contributed by atoms with E-state index in [0.717, 1.165) is 23.1 Å². The van der Waals surface area contributed by atoms with Crippen LogP contribution < -0.4 is 0 Å². The minimum atomic E-state index is -0.665. The Morgan fingerprint density at radius 2 is 2.12 bits per heavy atom. The summed E-state index contributed by atoms with van der Waals surface area (Å²) in [6.45, 7) is 4.12. The lowest BCUT2D eigenvalue weighted by Crippen LogP contribution is -2.26. The Balaban J connectivity index is 1.86. The third-order valence-corrected chi connectivity index (χ3v) is 5.13. The summed E-state index contributed by atoms with van der Waals surface area (Å²) >= 11 is 0.770. The smallest absolute Gasteiger partial charge is 0.401 e. The Bertz CT molecular complexity index is 908. The zero-order valence-electron chi connectivity index (χ0n) is 14.2. The van der Waals surface area contributed by atoms with E-state index in [1.165, 1.54) is 18.2 Å². The van der Waals surface area contributed by atoms with Crippen LogP contribution >= 0.6 is 11.8 Å². The monoisotopic (exact) mass is 372 g/mol. The number of nitrogens with zero attached hydrogens (tertiary/aromatic N) is 2. The molecule has 8 heteroatoms.